The third-order valence-corrected chi connectivity index (χ3v) is 6.88. The van der Waals surface area contributed by atoms with Crippen molar-refractivity contribution in [3.8, 4) is 33.6 Å². The van der Waals surface area contributed by atoms with Crippen LogP contribution in [0.15, 0.2) is 54.9 Å². The smallest absolute Gasteiger partial charge is 0.123 e. The lowest BCUT2D eigenvalue weighted by molar-refractivity contribution is 0.457. The van der Waals surface area contributed by atoms with E-state index in [1.807, 2.05) is 12.4 Å². The molecule has 6 heteroatoms. The molecule has 0 radical (unpaired) electrons. The number of hydrogen-bond acceptors (Lipinski definition) is 4. The number of nitrogens with zero attached hydrogens (tertiary/aromatic N) is 2. The number of H-pyrrole nitrogens is 2. The molecule has 2 aromatic heterocycles. The summed E-state index contributed by atoms with van der Waals surface area (Å²) < 4.78 is 0. The molecule has 4 rings (SSSR count). The van der Waals surface area contributed by atoms with Crippen molar-refractivity contribution >= 4 is 0 Å². The first-order valence-electron chi connectivity index (χ1n) is 13.2. The summed E-state index contributed by atoms with van der Waals surface area (Å²) in [5.41, 5.74) is 7.83. The maximum absolute atomic E-state index is 4.84. The molecule has 0 unspecified atom stereocenters. The van der Waals surface area contributed by atoms with E-state index < -0.39 is 0 Å². The van der Waals surface area contributed by atoms with Crippen LogP contribution in [0.3, 0.4) is 0 Å². The van der Waals surface area contributed by atoms with E-state index >= 15 is 0 Å². The quantitative estimate of drug-likeness (QED) is 0.186. The minimum Gasteiger partial charge on any atom is -0.347 e. The minimum absolute atomic E-state index is 0.191. The van der Waals surface area contributed by atoms with Crippen LogP contribution in [0.25, 0.3) is 33.6 Å². The number of aryl methyl sites for hydroxylation is 1. The van der Waals surface area contributed by atoms with E-state index in [0.717, 1.165) is 53.5 Å². The highest BCUT2D eigenvalue weighted by Gasteiger charge is 2.14. The Morgan fingerprint density at radius 2 is 1.39 bits per heavy atom. The summed E-state index contributed by atoms with van der Waals surface area (Å²) in [7, 11) is 0. The average Bonchev–Trinajstić information content (AvgIpc) is 3.58. The fourth-order valence-electron chi connectivity index (χ4n) is 4.45. The monoisotopic (exact) mass is 484 g/mol. The van der Waals surface area contributed by atoms with Gasteiger partial charge in [-0.2, -0.15) is 0 Å². The van der Waals surface area contributed by atoms with Crippen LogP contribution in [0.2, 0.25) is 0 Å². The fraction of sp³-hybridized carbons (Fsp3) is 0.400. The second-order valence-electron chi connectivity index (χ2n) is 9.82. The number of nitrogens with one attached hydrogen (secondary N) is 4. The summed E-state index contributed by atoms with van der Waals surface area (Å²) >= 11 is 0. The highest BCUT2D eigenvalue weighted by molar-refractivity contribution is 5.73. The van der Waals surface area contributed by atoms with Gasteiger partial charge in [0.05, 0.1) is 23.5 Å². The van der Waals surface area contributed by atoms with Crippen LogP contribution in [0.5, 0.6) is 0 Å². The molecule has 0 amide bonds. The van der Waals surface area contributed by atoms with Crippen LogP contribution in [-0.2, 0) is 0 Å². The van der Waals surface area contributed by atoms with E-state index in [9.17, 15) is 0 Å². The predicted molar refractivity (Wildman–Crippen MR) is 150 cm³/mol. The van der Waals surface area contributed by atoms with Gasteiger partial charge in [0.15, 0.2) is 0 Å². The second kappa shape index (κ2) is 11.7. The van der Waals surface area contributed by atoms with Gasteiger partial charge in [0.25, 0.3) is 0 Å². The van der Waals surface area contributed by atoms with E-state index in [-0.39, 0.29) is 12.1 Å². The van der Waals surface area contributed by atoms with Crippen molar-refractivity contribution in [1.29, 1.82) is 0 Å². The highest BCUT2D eigenvalue weighted by Crippen LogP contribution is 2.30. The Balaban J connectivity index is 1.47. The van der Waals surface area contributed by atoms with E-state index in [0.29, 0.717) is 6.04 Å². The number of aromatic amines is 2. The summed E-state index contributed by atoms with van der Waals surface area (Å²) in [5, 5.41) is 7.06. The summed E-state index contributed by atoms with van der Waals surface area (Å²) in [5.74, 6) is 1.95. The zero-order chi connectivity index (χ0) is 25.7. The zero-order valence-electron chi connectivity index (χ0n) is 22.4. The summed E-state index contributed by atoms with van der Waals surface area (Å²) in [6.07, 6.45) is 6.21. The first kappa shape index (κ1) is 25.9. The SMILES string of the molecule is CCCN[C@@H](C)c1nc(-c2ccc(-c3ccc(-c4c[nH]c([C@H](C)N[C@@H](C)CC)n4)cc3)cc2C)c[nH]1. The molecule has 2 aromatic carbocycles. The Kier molecular flexibility index (Phi) is 8.39. The molecule has 4 N–H and O–H groups in total. The zero-order valence-corrected chi connectivity index (χ0v) is 22.4. The number of benzene rings is 2. The van der Waals surface area contributed by atoms with Crippen molar-refractivity contribution in [3.63, 3.8) is 0 Å². The van der Waals surface area contributed by atoms with Gasteiger partial charge in [-0.3, -0.25) is 0 Å². The molecule has 6 nitrogen and oxygen atoms in total. The molecule has 0 bridgehead atoms. The number of rotatable bonds is 11. The van der Waals surface area contributed by atoms with E-state index in [1.54, 1.807) is 0 Å². The van der Waals surface area contributed by atoms with Crippen LogP contribution in [0.4, 0.5) is 0 Å². The second-order valence-corrected chi connectivity index (χ2v) is 9.82. The number of imidazole rings is 2. The lowest BCUT2D eigenvalue weighted by Gasteiger charge is -2.16. The third kappa shape index (κ3) is 5.94. The molecule has 0 aliphatic rings. The molecule has 0 fully saturated rings. The first-order valence-corrected chi connectivity index (χ1v) is 13.2. The van der Waals surface area contributed by atoms with Crippen molar-refractivity contribution in [1.82, 2.24) is 30.6 Å². The van der Waals surface area contributed by atoms with Gasteiger partial charge in [-0.25, -0.2) is 9.97 Å². The molecule has 0 aliphatic heterocycles. The maximum atomic E-state index is 4.84. The van der Waals surface area contributed by atoms with Gasteiger partial charge in [0.2, 0.25) is 0 Å². The van der Waals surface area contributed by atoms with Crippen molar-refractivity contribution < 1.29 is 0 Å². The van der Waals surface area contributed by atoms with Gasteiger partial charge < -0.3 is 20.6 Å². The van der Waals surface area contributed by atoms with E-state index in [2.05, 4.69) is 105 Å². The largest absolute Gasteiger partial charge is 0.347 e. The Bertz CT molecular complexity index is 1250. The number of hydrogen-bond donors (Lipinski definition) is 4. The maximum Gasteiger partial charge on any atom is 0.123 e. The molecule has 0 saturated heterocycles. The molecular weight excluding hydrogens is 444 g/mol. The van der Waals surface area contributed by atoms with Crippen LogP contribution < -0.4 is 10.6 Å². The Morgan fingerprint density at radius 1 is 0.778 bits per heavy atom. The van der Waals surface area contributed by atoms with Crippen molar-refractivity contribution in [2.24, 2.45) is 0 Å². The van der Waals surface area contributed by atoms with Gasteiger partial charge in [-0.15, -0.1) is 0 Å². The van der Waals surface area contributed by atoms with Crippen LogP contribution in [-0.4, -0.2) is 32.5 Å². The summed E-state index contributed by atoms with van der Waals surface area (Å²) in [6, 6.07) is 16.1. The lowest BCUT2D eigenvalue weighted by Crippen LogP contribution is -2.28. The first-order chi connectivity index (χ1) is 17.4. The fourth-order valence-corrected chi connectivity index (χ4v) is 4.45. The lowest BCUT2D eigenvalue weighted by atomic mass is 9.97. The van der Waals surface area contributed by atoms with Gasteiger partial charge in [-0.1, -0.05) is 56.3 Å². The molecule has 0 aliphatic carbocycles. The molecule has 36 heavy (non-hydrogen) atoms. The Hall–Kier alpha value is -3.22. The molecule has 0 saturated carbocycles. The highest BCUT2D eigenvalue weighted by atomic mass is 15.0. The Morgan fingerprint density at radius 3 is 2.06 bits per heavy atom. The van der Waals surface area contributed by atoms with Gasteiger partial charge >= 0.3 is 0 Å². The van der Waals surface area contributed by atoms with Crippen LogP contribution >= 0.6 is 0 Å². The molecule has 0 spiro atoms. The molecule has 4 aromatic rings. The standard InChI is InChI=1S/C30H40N6/c1-7-15-31-21(5)29-33-18-28(36-29)26-14-13-25(16-19(26)3)23-9-11-24(12-10-23)27-17-32-30(35-27)22(6)34-20(4)8-2/h9-14,16-18,20-22,31,34H,7-8,15H2,1-6H3,(H,32,35)(H,33,36)/t20-,21-,22-/m0/s1. The van der Waals surface area contributed by atoms with Crippen LogP contribution in [0.1, 0.15) is 76.8 Å². The van der Waals surface area contributed by atoms with Gasteiger partial charge in [-0.05, 0) is 63.8 Å². The Labute approximate surface area is 215 Å². The van der Waals surface area contributed by atoms with Crippen LogP contribution in [0, 0.1) is 6.92 Å². The van der Waals surface area contributed by atoms with Crippen molar-refractivity contribution in [3.05, 3.63) is 72.1 Å². The minimum atomic E-state index is 0.191. The third-order valence-electron chi connectivity index (χ3n) is 6.88. The van der Waals surface area contributed by atoms with Crippen molar-refractivity contribution in [2.45, 2.75) is 72.5 Å². The normalized spacial score (nSPS) is 14.1. The number of aromatic nitrogens is 4. The molecule has 2 heterocycles. The molecule has 190 valence electrons. The van der Waals surface area contributed by atoms with Gasteiger partial charge in [0.1, 0.15) is 11.6 Å². The molecule has 3 atom stereocenters. The summed E-state index contributed by atoms with van der Waals surface area (Å²) in [4.78, 5) is 16.4. The van der Waals surface area contributed by atoms with E-state index in [1.165, 1.54) is 16.7 Å². The van der Waals surface area contributed by atoms with Gasteiger partial charge in [0, 0.05) is 29.6 Å². The predicted octanol–water partition coefficient (Wildman–Crippen LogP) is 6.95. The van der Waals surface area contributed by atoms with Crippen molar-refractivity contribution in [2.75, 3.05) is 6.54 Å². The topological polar surface area (TPSA) is 81.4 Å². The molecular formula is C30H40N6. The summed E-state index contributed by atoms with van der Waals surface area (Å²) in [6.45, 7) is 14.0. The average molecular weight is 485 g/mol. The van der Waals surface area contributed by atoms with E-state index in [4.69, 9.17) is 9.97 Å².